The molecule has 0 bridgehead atoms. The first-order valence-electron chi connectivity index (χ1n) is 2.91. The standard InChI is InChI=1S/C7H9F3Si/c1-4-11(5-2,6-3)7(8,9)10/h4-6H,1-3H2. The average molecular weight is 178 g/mol. The molecule has 4 heteroatoms. The van der Waals surface area contributed by atoms with E-state index in [0.29, 0.717) is 0 Å². The third-order valence-corrected chi connectivity index (χ3v) is 4.51. The van der Waals surface area contributed by atoms with E-state index in [1.54, 1.807) is 0 Å². The molecule has 62 valence electrons. The topological polar surface area (TPSA) is 0 Å². The van der Waals surface area contributed by atoms with Crippen molar-refractivity contribution < 1.29 is 13.2 Å². The Balaban J connectivity index is 4.99. The second-order valence-electron chi connectivity index (χ2n) is 2.04. The molecule has 0 rings (SSSR count). The number of rotatable bonds is 3. The van der Waals surface area contributed by atoms with Gasteiger partial charge in [0.15, 0.2) is 0 Å². The molecule has 0 amide bonds. The third kappa shape index (κ3) is 1.62. The molecule has 0 N–H and O–H groups in total. The molecule has 0 nitrogen and oxygen atoms in total. The number of halogens is 3. The Morgan fingerprint density at radius 3 is 1.18 bits per heavy atom. The SMILES string of the molecule is C=C[Si](C=C)(C=C)C(F)(F)F. The van der Waals surface area contributed by atoms with Gasteiger partial charge in [-0.3, -0.25) is 0 Å². The first-order valence-corrected chi connectivity index (χ1v) is 5.14. The summed E-state index contributed by atoms with van der Waals surface area (Å²) in [5.41, 5.74) is 2.73. The molecule has 0 spiro atoms. The minimum atomic E-state index is -4.25. The Hall–Kier alpha value is -0.773. The molecular formula is C7H9F3Si. The Bertz CT molecular complexity index is 159. The van der Waals surface area contributed by atoms with Crippen LogP contribution in [0.3, 0.4) is 0 Å². The zero-order valence-electron chi connectivity index (χ0n) is 5.99. The van der Waals surface area contributed by atoms with Crippen molar-refractivity contribution in [2.75, 3.05) is 0 Å². The van der Waals surface area contributed by atoms with Crippen molar-refractivity contribution in [3.05, 3.63) is 36.8 Å². The van der Waals surface area contributed by atoms with Crippen molar-refractivity contribution in [2.24, 2.45) is 0 Å². The highest BCUT2D eigenvalue weighted by Crippen LogP contribution is 2.30. The van der Waals surface area contributed by atoms with E-state index < -0.39 is 13.9 Å². The predicted molar refractivity (Wildman–Crippen MR) is 42.4 cm³/mol. The molecule has 11 heavy (non-hydrogen) atoms. The molecule has 0 fully saturated rings. The second-order valence-corrected chi connectivity index (χ2v) is 5.70. The fourth-order valence-corrected chi connectivity index (χ4v) is 1.79. The number of alkyl halides is 3. The van der Waals surface area contributed by atoms with Gasteiger partial charge in [0.1, 0.15) is 0 Å². The van der Waals surface area contributed by atoms with Crippen LogP contribution in [0.2, 0.25) is 0 Å². The first-order chi connectivity index (χ1) is 4.93. The summed E-state index contributed by atoms with van der Waals surface area (Å²) < 4.78 is 36.7. The Morgan fingerprint density at radius 2 is 1.18 bits per heavy atom. The maximum absolute atomic E-state index is 12.2. The smallest absolute Gasteiger partial charge is 0.175 e. The second kappa shape index (κ2) is 3.09. The molecular weight excluding hydrogens is 169 g/mol. The summed E-state index contributed by atoms with van der Waals surface area (Å²) in [6.45, 7) is 9.42. The third-order valence-electron chi connectivity index (χ3n) is 1.50. The Labute approximate surface area is 64.7 Å². The van der Waals surface area contributed by atoms with Gasteiger partial charge in [-0.15, -0.1) is 19.7 Å². The van der Waals surface area contributed by atoms with E-state index in [0.717, 1.165) is 17.1 Å². The molecule has 0 aliphatic rings. The molecule has 0 aliphatic heterocycles. The van der Waals surface area contributed by atoms with E-state index in [4.69, 9.17) is 0 Å². The van der Waals surface area contributed by atoms with Crippen LogP contribution in [-0.2, 0) is 0 Å². The summed E-state index contributed by atoms with van der Waals surface area (Å²) in [5.74, 6) is -4.25. The van der Waals surface area contributed by atoms with Crippen LogP contribution in [0.5, 0.6) is 0 Å². The summed E-state index contributed by atoms with van der Waals surface area (Å²) in [5, 5.41) is 0. The first kappa shape index (κ1) is 10.2. The quantitative estimate of drug-likeness (QED) is 0.583. The van der Waals surface area contributed by atoms with Crippen LogP contribution < -0.4 is 0 Å². The zero-order valence-corrected chi connectivity index (χ0v) is 6.99. The normalized spacial score (nSPS) is 12.3. The Morgan fingerprint density at radius 1 is 0.909 bits per heavy atom. The van der Waals surface area contributed by atoms with Crippen molar-refractivity contribution in [3.8, 4) is 0 Å². The zero-order chi connectivity index (χ0) is 9.12. The van der Waals surface area contributed by atoms with Crippen LogP contribution in [0.4, 0.5) is 13.2 Å². The predicted octanol–water partition coefficient (Wildman–Crippen LogP) is 2.71. The van der Waals surface area contributed by atoms with Crippen molar-refractivity contribution in [3.63, 3.8) is 0 Å². The van der Waals surface area contributed by atoms with Crippen molar-refractivity contribution in [1.82, 2.24) is 0 Å². The summed E-state index contributed by atoms with van der Waals surface area (Å²) in [6, 6.07) is 0. The van der Waals surface area contributed by atoms with Crippen molar-refractivity contribution in [1.29, 1.82) is 0 Å². The summed E-state index contributed by atoms with van der Waals surface area (Å²) in [4.78, 5) is 0. The molecule has 0 aliphatic carbocycles. The van der Waals surface area contributed by atoms with Crippen molar-refractivity contribution in [2.45, 2.75) is 5.80 Å². The maximum atomic E-state index is 12.2. The molecule has 0 saturated carbocycles. The number of hydrogen-bond acceptors (Lipinski definition) is 0. The highest BCUT2D eigenvalue weighted by Gasteiger charge is 2.50. The summed E-state index contributed by atoms with van der Waals surface area (Å²) in [7, 11) is -3.63. The van der Waals surface area contributed by atoms with E-state index >= 15 is 0 Å². The van der Waals surface area contributed by atoms with E-state index in [2.05, 4.69) is 19.7 Å². The van der Waals surface area contributed by atoms with Crippen molar-refractivity contribution >= 4 is 8.07 Å². The van der Waals surface area contributed by atoms with Gasteiger partial charge in [0, 0.05) is 0 Å². The fraction of sp³-hybridized carbons (Fsp3) is 0.143. The summed E-state index contributed by atoms with van der Waals surface area (Å²) in [6.07, 6.45) is 0. The highest BCUT2D eigenvalue weighted by atomic mass is 28.3. The van der Waals surface area contributed by atoms with E-state index in [9.17, 15) is 13.2 Å². The van der Waals surface area contributed by atoms with Gasteiger partial charge in [-0.05, 0) is 0 Å². The molecule has 0 heterocycles. The van der Waals surface area contributed by atoms with Gasteiger partial charge in [-0.2, -0.15) is 13.2 Å². The van der Waals surface area contributed by atoms with Crippen LogP contribution >= 0.6 is 0 Å². The van der Waals surface area contributed by atoms with E-state index in [1.165, 1.54) is 0 Å². The Kier molecular flexibility index (Phi) is 2.87. The maximum Gasteiger partial charge on any atom is 0.373 e. The van der Waals surface area contributed by atoms with Crippen LogP contribution in [-0.4, -0.2) is 13.9 Å². The van der Waals surface area contributed by atoms with E-state index in [-0.39, 0.29) is 0 Å². The van der Waals surface area contributed by atoms with Gasteiger partial charge in [-0.1, -0.05) is 17.1 Å². The van der Waals surface area contributed by atoms with Gasteiger partial charge in [-0.25, -0.2) is 0 Å². The van der Waals surface area contributed by atoms with Crippen LogP contribution in [0.25, 0.3) is 0 Å². The van der Waals surface area contributed by atoms with Gasteiger partial charge in [0.2, 0.25) is 0 Å². The van der Waals surface area contributed by atoms with Gasteiger partial charge < -0.3 is 0 Å². The molecule has 0 unspecified atom stereocenters. The molecule has 0 aromatic rings. The van der Waals surface area contributed by atoms with Gasteiger partial charge >= 0.3 is 5.80 Å². The largest absolute Gasteiger partial charge is 0.373 e. The average Bonchev–Trinajstić information content (AvgIpc) is 1.90. The molecule has 0 radical (unpaired) electrons. The lowest BCUT2D eigenvalue weighted by molar-refractivity contribution is -0.0523. The fourth-order valence-electron chi connectivity index (χ4n) is 0.597. The molecule has 0 aromatic heterocycles. The van der Waals surface area contributed by atoms with Gasteiger partial charge in [0.25, 0.3) is 8.07 Å². The molecule has 0 aromatic carbocycles. The van der Waals surface area contributed by atoms with E-state index in [1.807, 2.05) is 0 Å². The lowest BCUT2D eigenvalue weighted by Crippen LogP contribution is -2.45. The minimum absolute atomic E-state index is 0.910. The lowest BCUT2D eigenvalue weighted by Gasteiger charge is -2.22. The number of hydrogen-bond donors (Lipinski definition) is 0. The van der Waals surface area contributed by atoms with Gasteiger partial charge in [0.05, 0.1) is 0 Å². The van der Waals surface area contributed by atoms with Crippen LogP contribution in [0.15, 0.2) is 36.8 Å². The monoisotopic (exact) mass is 178 g/mol. The van der Waals surface area contributed by atoms with Crippen LogP contribution in [0, 0.1) is 0 Å². The molecule has 0 saturated heterocycles. The lowest BCUT2D eigenvalue weighted by atomic mass is 11.2. The minimum Gasteiger partial charge on any atom is -0.175 e. The highest BCUT2D eigenvalue weighted by molar-refractivity contribution is 6.94. The van der Waals surface area contributed by atoms with Crippen LogP contribution in [0.1, 0.15) is 0 Å². The summed E-state index contributed by atoms with van der Waals surface area (Å²) >= 11 is 0. The molecule has 0 atom stereocenters.